The van der Waals surface area contributed by atoms with Gasteiger partial charge in [-0.05, 0) is 24.3 Å². The quantitative estimate of drug-likeness (QED) is 0.709. The fraction of sp³-hybridized carbons (Fsp3) is 0.222. The number of fused-ring (bicyclic) bond motifs is 2. The highest BCUT2D eigenvalue weighted by molar-refractivity contribution is 7.99. The Morgan fingerprint density at radius 2 is 1.96 bits per heavy atom. The van der Waals surface area contributed by atoms with Crippen molar-refractivity contribution in [3.05, 3.63) is 48.5 Å². The molecule has 1 unspecified atom stereocenters. The Morgan fingerprint density at radius 3 is 2.84 bits per heavy atom. The molecule has 4 rings (SSSR count). The Morgan fingerprint density at radius 1 is 1.16 bits per heavy atom. The number of carbonyl (C=O) groups is 1. The van der Waals surface area contributed by atoms with E-state index < -0.39 is 0 Å². The topological polar surface area (TPSA) is 73.6 Å². The van der Waals surface area contributed by atoms with Crippen LogP contribution in [0.25, 0.3) is 11.1 Å². The molecule has 1 aliphatic rings. The molecule has 6 nitrogen and oxygen atoms in total. The second-order valence-electron chi connectivity index (χ2n) is 5.54. The van der Waals surface area contributed by atoms with Gasteiger partial charge in [0.15, 0.2) is 17.1 Å². The maximum absolute atomic E-state index is 12.0. The molecule has 0 bridgehead atoms. The van der Waals surface area contributed by atoms with E-state index in [2.05, 4.69) is 10.3 Å². The lowest BCUT2D eigenvalue weighted by molar-refractivity contribution is -0.119. The summed E-state index contributed by atoms with van der Waals surface area (Å²) in [6.45, 7) is 0.802. The number of nitrogens with one attached hydrogen (secondary N) is 1. The van der Waals surface area contributed by atoms with E-state index in [1.165, 1.54) is 11.8 Å². The molecule has 25 heavy (non-hydrogen) atoms. The van der Waals surface area contributed by atoms with Gasteiger partial charge in [-0.1, -0.05) is 36.0 Å². The lowest BCUT2D eigenvalue weighted by Gasteiger charge is -2.26. The Labute approximate surface area is 148 Å². The highest BCUT2D eigenvalue weighted by Gasteiger charge is 2.21. The molecule has 0 aliphatic carbocycles. The van der Waals surface area contributed by atoms with Crippen molar-refractivity contribution in [2.75, 3.05) is 18.9 Å². The highest BCUT2D eigenvalue weighted by Crippen LogP contribution is 2.30. The van der Waals surface area contributed by atoms with Gasteiger partial charge in [-0.15, -0.1) is 0 Å². The second kappa shape index (κ2) is 7.06. The van der Waals surface area contributed by atoms with Crippen molar-refractivity contribution < 1.29 is 18.7 Å². The van der Waals surface area contributed by atoms with Crippen LogP contribution in [0.2, 0.25) is 0 Å². The second-order valence-corrected chi connectivity index (χ2v) is 6.46. The number of thioether (sulfide) groups is 1. The van der Waals surface area contributed by atoms with Gasteiger partial charge in [0, 0.05) is 0 Å². The smallest absolute Gasteiger partial charge is 0.257 e. The van der Waals surface area contributed by atoms with Crippen molar-refractivity contribution in [1.82, 2.24) is 10.3 Å². The van der Waals surface area contributed by atoms with Crippen molar-refractivity contribution in [1.29, 1.82) is 0 Å². The van der Waals surface area contributed by atoms with Crippen LogP contribution in [0, 0.1) is 0 Å². The SMILES string of the molecule is O=C(CSc1nc2ccccc2o1)NCC1COc2ccccc2O1. The molecule has 3 aromatic rings. The molecule has 1 aromatic heterocycles. The van der Waals surface area contributed by atoms with E-state index in [1.807, 2.05) is 48.5 Å². The van der Waals surface area contributed by atoms with Crippen LogP contribution in [0.3, 0.4) is 0 Å². The number of para-hydroxylation sites is 4. The Bertz CT molecular complexity index is 862. The number of carbonyl (C=O) groups excluding carboxylic acids is 1. The molecular weight excluding hydrogens is 340 g/mol. The van der Waals surface area contributed by atoms with E-state index in [0.717, 1.165) is 16.8 Å². The van der Waals surface area contributed by atoms with Crippen LogP contribution in [-0.2, 0) is 4.79 Å². The number of hydrogen-bond donors (Lipinski definition) is 1. The van der Waals surface area contributed by atoms with E-state index in [4.69, 9.17) is 13.9 Å². The molecule has 1 atom stereocenters. The van der Waals surface area contributed by atoms with Crippen molar-refractivity contribution >= 4 is 28.8 Å². The average molecular weight is 356 g/mol. The first-order chi connectivity index (χ1) is 12.3. The maximum Gasteiger partial charge on any atom is 0.257 e. The predicted molar refractivity (Wildman–Crippen MR) is 94.1 cm³/mol. The first kappa shape index (κ1) is 15.8. The monoisotopic (exact) mass is 356 g/mol. The summed E-state index contributed by atoms with van der Waals surface area (Å²) < 4.78 is 17.0. The van der Waals surface area contributed by atoms with E-state index in [-0.39, 0.29) is 17.8 Å². The number of aromatic nitrogens is 1. The van der Waals surface area contributed by atoms with Gasteiger partial charge in [0.1, 0.15) is 18.2 Å². The molecule has 128 valence electrons. The van der Waals surface area contributed by atoms with Crippen LogP contribution in [0.1, 0.15) is 0 Å². The standard InChI is InChI=1S/C18H16N2O4S/c21-17(11-25-18-20-13-5-1-2-6-14(13)24-18)19-9-12-10-22-15-7-3-4-8-16(15)23-12/h1-8,12H,9-11H2,(H,19,21). The van der Waals surface area contributed by atoms with Crippen LogP contribution in [-0.4, -0.2) is 35.9 Å². The van der Waals surface area contributed by atoms with Gasteiger partial charge in [-0.25, -0.2) is 4.98 Å². The van der Waals surface area contributed by atoms with Gasteiger partial charge >= 0.3 is 0 Å². The normalized spacial score (nSPS) is 15.9. The molecule has 7 heteroatoms. The number of ether oxygens (including phenoxy) is 2. The molecule has 1 N–H and O–H groups in total. The minimum atomic E-state index is -0.201. The fourth-order valence-electron chi connectivity index (χ4n) is 2.48. The zero-order valence-corrected chi connectivity index (χ0v) is 14.1. The number of nitrogens with zero attached hydrogens (tertiary/aromatic N) is 1. The number of amides is 1. The van der Waals surface area contributed by atoms with Gasteiger partial charge in [0.05, 0.1) is 12.3 Å². The summed E-state index contributed by atoms with van der Waals surface area (Å²) in [5.74, 6) is 1.57. The van der Waals surface area contributed by atoms with Gasteiger partial charge in [-0.3, -0.25) is 4.79 Å². The van der Waals surface area contributed by atoms with Crippen LogP contribution >= 0.6 is 11.8 Å². The van der Waals surface area contributed by atoms with Crippen molar-refractivity contribution in [3.8, 4) is 11.5 Å². The van der Waals surface area contributed by atoms with Gasteiger partial charge in [0.25, 0.3) is 5.22 Å². The van der Waals surface area contributed by atoms with Crippen LogP contribution < -0.4 is 14.8 Å². The zero-order chi connectivity index (χ0) is 17.1. The highest BCUT2D eigenvalue weighted by atomic mass is 32.2. The zero-order valence-electron chi connectivity index (χ0n) is 13.3. The Balaban J connectivity index is 1.25. The third kappa shape index (κ3) is 3.71. The third-order valence-corrected chi connectivity index (χ3v) is 4.52. The van der Waals surface area contributed by atoms with Crippen molar-refractivity contribution in [2.24, 2.45) is 0 Å². The molecule has 1 amide bonds. The first-order valence-electron chi connectivity index (χ1n) is 7.91. The van der Waals surface area contributed by atoms with Crippen molar-refractivity contribution in [3.63, 3.8) is 0 Å². The van der Waals surface area contributed by atoms with Crippen LogP contribution in [0.15, 0.2) is 58.2 Å². The summed E-state index contributed by atoms with van der Waals surface area (Å²) >= 11 is 1.27. The van der Waals surface area contributed by atoms with Gasteiger partial charge in [-0.2, -0.15) is 0 Å². The molecule has 0 saturated carbocycles. The number of rotatable bonds is 5. The lowest BCUT2D eigenvalue weighted by Crippen LogP contribution is -2.41. The van der Waals surface area contributed by atoms with Gasteiger partial charge in [0.2, 0.25) is 5.91 Å². The van der Waals surface area contributed by atoms with E-state index in [1.54, 1.807) is 0 Å². The van der Waals surface area contributed by atoms with Crippen molar-refractivity contribution in [2.45, 2.75) is 11.3 Å². The number of benzene rings is 2. The Kier molecular flexibility index (Phi) is 4.47. The van der Waals surface area contributed by atoms with Gasteiger partial charge < -0.3 is 19.2 Å². The molecule has 0 spiro atoms. The van der Waals surface area contributed by atoms with E-state index in [0.29, 0.717) is 24.1 Å². The molecular formula is C18H16N2O4S. The summed E-state index contributed by atoms with van der Waals surface area (Å²) in [4.78, 5) is 16.4. The molecule has 0 saturated heterocycles. The summed E-state index contributed by atoms with van der Waals surface area (Å²) in [7, 11) is 0. The van der Waals surface area contributed by atoms with E-state index >= 15 is 0 Å². The van der Waals surface area contributed by atoms with E-state index in [9.17, 15) is 4.79 Å². The molecule has 2 heterocycles. The summed E-state index contributed by atoms with van der Waals surface area (Å²) in [6.07, 6.45) is -0.201. The summed E-state index contributed by atoms with van der Waals surface area (Å²) in [5, 5.41) is 3.34. The summed E-state index contributed by atoms with van der Waals surface area (Å²) in [6, 6.07) is 15.0. The fourth-order valence-corrected chi connectivity index (χ4v) is 3.15. The first-order valence-corrected chi connectivity index (χ1v) is 8.90. The molecule has 2 aromatic carbocycles. The average Bonchev–Trinajstić information content (AvgIpc) is 3.07. The lowest BCUT2D eigenvalue weighted by atomic mass is 10.2. The molecule has 1 aliphatic heterocycles. The summed E-state index contributed by atoms with van der Waals surface area (Å²) in [5.41, 5.74) is 1.51. The number of hydrogen-bond acceptors (Lipinski definition) is 6. The largest absolute Gasteiger partial charge is 0.486 e. The van der Waals surface area contributed by atoms with Crippen LogP contribution in [0.5, 0.6) is 11.5 Å². The molecule has 0 radical (unpaired) electrons. The maximum atomic E-state index is 12.0. The number of oxazole rings is 1. The third-order valence-electron chi connectivity index (χ3n) is 3.70. The predicted octanol–water partition coefficient (Wildman–Crippen LogP) is 2.88. The molecule has 0 fully saturated rings. The minimum absolute atomic E-state index is 0.102. The van der Waals surface area contributed by atoms with Crippen LogP contribution in [0.4, 0.5) is 0 Å². The minimum Gasteiger partial charge on any atom is -0.486 e. The Hall–Kier alpha value is -2.67.